The van der Waals surface area contributed by atoms with Crippen molar-refractivity contribution in [3.63, 3.8) is 0 Å². The van der Waals surface area contributed by atoms with Gasteiger partial charge < -0.3 is 14.8 Å². The first-order chi connectivity index (χ1) is 16.8. The third-order valence-electron chi connectivity index (χ3n) is 7.84. The van der Waals surface area contributed by atoms with E-state index in [4.69, 9.17) is 9.47 Å². The lowest BCUT2D eigenvalue weighted by Gasteiger charge is -2.34. The first-order valence-electron chi connectivity index (χ1n) is 13.4. The number of hydrogen-bond acceptors (Lipinski definition) is 6. The number of hydrogen-bond donors (Lipinski definition) is 1. The van der Waals surface area contributed by atoms with E-state index in [1.807, 2.05) is 0 Å². The second kappa shape index (κ2) is 13.6. The summed E-state index contributed by atoms with van der Waals surface area (Å²) in [7, 11) is 0. The molecular formula is C27H42N2O6. The predicted octanol–water partition coefficient (Wildman–Crippen LogP) is 4.86. The smallest absolute Gasteiger partial charge is 0.335 e. The fraction of sp³-hybridized carbons (Fsp3) is 0.778. The number of nitrogens with one attached hydrogen (secondary N) is 1. The van der Waals surface area contributed by atoms with Gasteiger partial charge in [0.05, 0.1) is 0 Å². The van der Waals surface area contributed by atoms with E-state index in [2.05, 4.69) is 11.9 Å². The van der Waals surface area contributed by atoms with Gasteiger partial charge in [-0.1, -0.05) is 25.8 Å². The van der Waals surface area contributed by atoms with E-state index in [1.165, 1.54) is 11.3 Å². The minimum atomic E-state index is -0.553. The van der Waals surface area contributed by atoms with Gasteiger partial charge in [0.1, 0.15) is 0 Å². The van der Waals surface area contributed by atoms with Crippen molar-refractivity contribution in [2.75, 3.05) is 13.3 Å². The predicted molar refractivity (Wildman–Crippen MR) is 131 cm³/mol. The quantitative estimate of drug-likeness (QED) is 0.296. The van der Waals surface area contributed by atoms with Crippen LogP contribution >= 0.6 is 0 Å². The Kier molecular flexibility index (Phi) is 10.6. The van der Waals surface area contributed by atoms with Crippen LogP contribution in [0.5, 0.6) is 0 Å². The standard InChI is InChI=1S/C27H42N2O6/c1-19(2)26(32)35-18-34-25(31)17-22-9-7-20(8-10-22)16-21-11-13-23(14-12-21)28-27(33)29-15-5-3-4-6-24(29)30/h20-23H,1,3-18H2,2H3,(H,28,33). The van der Waals surface area contributed by atoms with E-state index in [0.29, 0.717) is 37.1 Å². The molecule has 0 aromatic rings. The number of amides is 3. The number of carbonyl (C=O) groups excluding carboxylic acids is 4. The average Bonchev–Trinajstić information content (AvgIpc) is 3.05. The zero-order valence-electron chi connectivity index (χ0n) is 21.2. The molecule has 0 spiro atoms. The molecule has 3 fully saturated rings. The molecule has 1 aliphatic heterocycles. The van der Waals surface area contributed by atoms with Crippen LogP contribution in [0.4, 0.5) is 4.79 Å². The first-order valence-corrected chi connectivity index (χ1v) is 13.4. The zero-order chi connectivity index (χ0) is 25.2. The zero-order valence-corrected chi connectivity index (χ0v) is 21.2. The molecule has 35 heavy (non-hydrogen) atoms. The van der Waals surface area contributed by atoms with E-state index in [1.54, 1.807) is 6.92 Å². The second-order valence-electron chi connectivity index (χ2n) is 10.7. The van der Waals surface area contributed by atoms with E-state index in [-0.39, 0.29) is 36.3 Å². The molecule has 8 heteroatoms. The topological polar surface area (TPSA) is 102 Å². The van der Waals surface area contributed by atoms with Crippen LogP contribution in [0.25, 0.3) is 0 Å². The van der Waals surface area contributed by atoms with Gasteiger partial charge >= 0.3 is 18.0 Å². The molecule has 2 saturated carbocycles. The summed E-state index contributed by atoms with van der Waals surface area (Å²) in [6.45, 7) is 5.23. The maximum absolute atomic E-state index is 12.6. The lowest BCUT2D eigenvalue weighted by atomic mass is 9.74. The lowest BCUT2D eigenvalue weighted by molar-refractivity contribution is -0.165. The van der Waals surface area contributed by atoms with Gasteiger partial charge in [-0.2, -0.15) is 0 Å². The van der Waals surface area contributed by atoms with Crippen molar-refractivity contribution in [2.24, 2.45) is 17.8 Å². The Morgan fingerprint density at radius 2 is 1.54 bits per heavy atom. The largest absolute Gasteiger partial charge is 0.428 e. The molecule has 0 atom stereocenters. The van der Waals surface area contributed by atoms with Gasteiger partial charge in [0.2, 0.25) is 12.7 Å². The highest BCUT2D eigenvalue weighted by molar-refractivity contribution is 5.94. The van der Waals surface area contributed by atoms with Gasteiger partial charge in [0.25, 0.3) is 0 Å². The van der Waals surface area contributed by atoms with Gasteiger partial charge in [-0.3, -0.25) is 14.5 Å². The average molecular weight is 491 g/mol. The van der Waals surface area contributed by atoms with Crippen molar-refractivity contribution >= 4 is 23.9 Å². The Morgan fingerprint density at radius 3 is 2.20 bits per heavy atom. The van der Waals surface area contributed by atoms with E-state index in [9.17, 15) is 19.2 Å². The van der Waals surface area contributed by atoms with Crippen molar-refractivity contribution in [3.8, 4) is 0 Å². The van der Waals surface area contributed by atoms with Crippen molar-refractivity contribution in [3.05, 3.63) is 12.2 Å². The molecule has 1 saturated heterocycles. The number of esters is 2. The van der Waals surface area contributed by atoms with Crippen LogP contribution in [-0.2, 0) is 23.9 Å². The Balaban J connectivity index is 1.28. The highest BCUT2D eigenvalue weighted by Crippen LogP contribution is 2.38. The molecule has 0 aromatic heterocycles. The van der Waals surface area contributed by atoms with Crippen LogP contribution in [0, 0.1) is 17.8 Å². The molecule has 196 valence electrons. The number of carbonyl (C=O) groups is 4. The summed E-state index contributed by atoms with van der Waals surface area (Å²) in [5.74, 6) is 0.821. The Morgan fingerprint density at radius 1 is 0.914 bits per heavy atom. The molecule has 0 aromatic carbocycles. The minimum Gasteiger partial charge on any atom is -0.428 e. The molecule has 1 heterocycles. The molecule has 2 aliphatic carbocycles. The van der Waals surface area contributed by atoms with E-state index >= 15 is 0 Å². The Hall–Kier alpha value is -2.38. The fourth-order valence-electron chi connectivity index (χ4n) is 5.70. The lowest BCUT2D eigenvalue weighted by Crippen LogP contribution is -2.48. The molecule has 0 radical (unpaired) electrons. The third kappa shape index (κ3) is 8.97. The monoisotopic (exact) mass is 490 g/mol. The van der Waals surface area contributed by atoms with Crippen molar-refractivity contribution in [1.82, 2.24) is 10.2 Å². The summed E-state index contributed by atoms with van der Waals surface area (Å²) in [4.78, 5) is 49.5. The van der Waals surface area contributed by atoms with E-state index in [0.717, 1.165) is 70.6 Å². The summed E-state index contributed by atoms with van der Waals surface area (Å²) in [6, 6.07) is -0.0302. The van der Waals surface area contributed by atoms with Crippen molar-refractivity contribution < 1.29 is 28.7 Å². The highest BCUT2D eigenvalue weighted by atomic mass is 16.7. The highest BCUT2D eigenvalue weighted by Gasteiger charge is 2.30. The number of nitrogens with zero attached hydrogens (tertiary/aromatic N) is 1. The molecule has 3 aliphatic rings. The van der Waals surface area contributed by atoms with Gasteiger partial charge in [-0.15, -0.1) is 0 Å². The fourth-order valence-corrected chi connectivity index (χ4v) is 5.70. The Labute approximate surface area is 209 Å². The molecule has 0 bridgehead atoms. The van der Waals surface area contributed by atoms with Crippen LogP contribution < -0.4 is 5.32 Å². The maximum atomic E-state index is 12.6. The van der Waals surface area contributed by atoms with Gasteiger partial charge in [0, 0.05) is 31.0 Å². The van der Waals surface area contributed by atoms with Gasteiger partial charge in [-0.05, 0) is 82.5 Å². The molecule has 3 rings (SSSR count). The van der Waals surface area contributed by atoms with E-state index < -0.39 is 5.97 Å². The molecular weight excluding hydrogens is 448 g/mol. The minimum absolute atomic E-state index is 0.0382. The molecule has 8 nitrogen and oxygen atoms in total. The number of rotatable bonds is 8. The number of urea groups is 1. The van der Waals surface area contributed by atoms with Crippen LogP contribution in [0.3, 0.4) is 0 Å². The molecule has 0 unspecified atom stereocenters. The van der Waals surface area contributed by atoms with Gasteiger partial charge in [0.15, 0.2) is 0 Å². The van der Waals surface area contributed by atoms with Crippen LogP contribution in [-0.4, -0.2) is 48.2 Å². The summed E-state index contributed by atoms with van der Waals surface area (Å²) < 4.78 is 9.84. The summed E-state index contributed by atoms with van der Waals surface area (Å²) >= 11 is 0. The normalized spacial score (nSPS) is 27.5. The number of likely N-dealkylation sites (tertiary alicyclic amines) is 1. The second-order valence-corrected chi connectivity index (χ2v) is 10.7. The first kappa shape index (κ1) is 27.2. The van der Waals surface area contributed by atoms with Crippen molar-refractivity contribution in [1.29, 1.82) is 0 Å². The SMILES string of the molecule is C=C(C)C(=O)OCOC(=O)CC1CCC(CC2CCC(NC(=O)N3CCCCCC3=O)CC2)CC1. The molecule has 3 amide bonds. The number of imide groups is 1. The van der Waals surface area contributed by atoms with Crippen LogP contribution in [0.1, 0.15) is 96.8 Å². The van der Waals surface area contributed by atoms with Crippen LogP contribution in [0.15, 0.2) is 12.2 Å². The third-order valence-corrected chi connectivity index (χ3v) is 7.84. The molecule has 1 N–H and O–H groups in total. The summed E-state index contributed by atoms with van der Waals surface area (Å²) in [5, 5.41) is 3.11. The maximum Gasteiger partial charge on any atom is 0.335 e. The number of ether oxygens (including phenoxy) is 2. The Bertz CT molecular complexity index is 766. The van der Waals surface area contributed by atoms with Crippen LogP contribution in [0.2, 0.25) is 0 Å². The van der Waals surface area contributed by atoms with Crippen molar-refractivity contribution in [2.45, 2.75) is 103 Å². The summed E-state index contributed by atoms with van der Waals surface area (Å²) in [5.41, 5.74) is 0.280. The van der Waals surface area contributed by atoms with Gasteiger partial charge in [-0.25, -0.2) is 9.59 Å². The summed E-state index contributed by atoms with van der Waals surface area (Å²) in [6.07, 6.45) is 13.4.